The molecule has 2 amide bonds. The van der Waals surface area contributed by atoms with Gasteiger partial charge in [0.05, 0.1) is 25.7 Å². The smallest absolute Gasteiger partial charge is 1.00 e. The Hall–Kier alpha value is -4.30. The Kier molecular flexibility index (Phi) is 9.81. The Morgan fingerprint density at radius 3 is 2.33 bits per heavy atom. The fourth-order valence-corrected chi connectivity index (χ4v) is 4.46. The molecule has 3 aromatic carbocycles. The van der Waals surface area contributed by atoms with Gasteiger partial charge in [-0.05, 0) is 55.3 Å². The number of halogens is 2. The largest absolute Gasteiger partial charge is 1.00 e. The second-order valence-corrected chi connectivity index (χ2v) is 10.0. The molecular formula is C30H26ClFLiN3O7. The third kappa shape index (κ3) is 7.20. The molecule has 1 saturated carbocycles. The Morgan fingerprint density at radius 2 is 1.70 bits per heavy atom. The van der Waals surface area contributed by atoms with Gasteiger partial charge < -0.3 is 31.4 Å². The summed E-state index contributed by atoms with van der Waals surface area (Å²) in [6, 6.07) is 15.3. The molecule has 5 rings (SSSR count). The summed E-state index contributed by atoms with van der Waals surface area (Å²) >= 11 is 5.97. The van der Waals surface area contributed by atoms with Gasteiger partial charge in [0.25, 0.3) is 0 Å². The number of nitrogens with one attached hydrogen (secondary N) is 2. The van der Waals surface area contributed by atoms with Gasteiger partial charge in [-0.15, -0.1) is 0 Å². The quantitative estimate of drug-likeness (QED) is 0.176. The Balaban J connectivity index is 0.00000264. The van der Waals surface area contributed by atoms with E-state index in [1.165, 1.54) is 25.4 Å². The number of hydrogen-bond donors (Lipinski definition) is 3. The molecule has 10 nitrogen and oxygen atoms in total. The van der Waals surface area contributed by atoms with Crippen LogP contribution in [-0.2, 0) is 14.4 Å². The minimum Gasteiger partial charge on any atom is -1.00 e. The number of amides is 2. The van der Waals surface area contributed by atoms with Crippen molar-refractivity contribution >= 4 is 51.7 Å². The number of carbonyl (C=O) groups is 3. The van der Waals surface area contributed by atoms with Crippen LogP contribution in [0.15, 0.2) is 66.9 Å². The first-order chi connectivity index (χ1) is 20.2. The number of fused-ring (bicyclic) bond motifs is 1. The zero-order valence-electron chi connectivity index (χ0n) is 24.3. The van der Waals surface area contributed by atoms with E-state index >= 15 is 4.39 Å². The van der Waals surface area contributed by atoms with Crippen LogP contribution in [0.4, 0.5) is 15.8 Å². The molecular weight excluding hydrogens is 576 g/mol. The van der Waals surface area contributed by atoms with E-state index in [-0.39, 0.29) is 50.5 Å². The van der Waals surface area contributed by atoms with Gasteiger partial charge in [0.1, 0.15) is 11.2 Å². The first-order valence-corrected chi connectivity index (χ1v) is 13.2. The minimum atomic E-state index is -1.25. The van der Waals surface area contributed by atoms with E-state index in [2.05, 4.69) is 15.6 Å². The fraction of sp³-hybridized carbons (Fsp3) is 0.200. The number of pyridine rings is 1. The van der Waals surface area contributed by atoms with Crippen LogP contribution in [0.25, 0.3) is 10.9 Å². The third-order valence-electron chi connectivity index (χ3n) is 6.67. The van der Waals surface area contributed by atoms with Gasteiger partial charge in [-0.3, -0.25) is 19.4 Å². The summed E-state index contributed by atoms with van der Waals surface area (Å²) in [5, 5.41) is 15.2. The van der Waals surface area contributed by atoms with E-state index in [9.17, 15) is 14.4 Å². The van der Waals surface area contributed by atoms with Gasteiger partial charge in [-0.2, -0.15) is 0 Å². The van der Waals surface area contributed by atoms with Crippen LogP contribution in [-0.4, -0.2) is 41.6 Å². The fourth-order valence-electron chi connectivity index (χ4n) is 4.27. The van der Waals surface area contributed by atoms with Crippen LogP contribution in [0.1, 0.15) is 20.7 Å². The number of methoxy groups -OCH3 is 1. The molecule has 0 bridgehead atoms. The van der Waals surface area contributed by atoms with Gasteiger partial charge in [0.15, 0.2) is 23.1 Å². The molecule has 0 radical (unpaired) electrons. The standard InChI is InChI=1S/C30H25ClFN3O7.Li.H/c1-40-25-15-20-22(16-26(25)41-12-8-27(36)37)33-11-7-23(20)42-24-6-5-19(14-21(24)32)35-29(39)30(9-10-30)28(38)34-18-4-2-3-17(31)13-18;;/h2-7,11,13-16H,8-10,12H2,1H3,(H,34,38)(H,35,39)(H,36,37);;/q;+1;-1. The van der Waals surface area contributed by atoms with E-state index in [4.69, 9.17) is 30.9 Å². The minimum absolute atomic E-state index is 0. The molecule has 0 aliphatic heterocycles. The number of aliphatic carboxylic acids is 1. The molecule has 0 saturated heterocycles. The van der Waals surface area contributed by atoms with Crippen molar-refractivity contribution in [2.24, 2.45) is 5.41 Å². The summed E-state index contributed by atoms with van der Waals surface area (Å²) in [6.07, 6.45) is 2.01. The molecule has 0 spiro atoms. The first kappa shape index (κ1) is 31.6. The number of carboxylic acid groups (broad SMARTS) is 1. The van der Waals surface area contributed by atoms with Crippen LogP contribution < -0.4 is 43.7 Å². The molecule has 0 atom stereocenters. The Labute approximate surface area is 264 Å². The number of anilines is 2. The van der Waals surface area contributed by atoms with Crippen molar-refractivity contribution in [1.29, 1.82) is 0 Å². The van der Waals surface area contributed by atoms with Crippen molar-refractivity contribution in [2.45, 2.75) is 19.3 Å². The van der Waals surface area contributed by atoms with E-state index in [0.29, 0.717) is 46.0 Å². The van der Waals surface area contributed by atoms with E-state index in [1.807, 2.05) is 0 Å². The average Bonchev–Trinajstić information content (AvgIpc) is 3.77. The van der Waals surface area contributed by atoms with E-state index in [0.717, 1.165) is 6.07 Å². The van der Waals surface area contributed by atoms with Gasteiger partial charge in [-0.25, -0.2) is 4.39 Å². The molecule has 1 aromatic heterocycles. The van der Waals surface area contributed by atoms with Crippen molar-refractivity contribution in [3.63, 3.8) is 0 Å². The number of aromatic nitrogens is 1. The van der Waals surface area contributed by atoms with Crippen molar-refractivity contribution in [3.05, 3.63) is 77.7 Å². The third-order valence-corrected chi connectivity index (χ3v) is 6.91. The number of carbonyl (C=O) groups excluding carboxylic acids is 2. The second-order valence-electron chi connectivity index (χ2n) is 9.57. The van der Waals surface area contributed by atoms with Crippen LogP contribution in [0.2, 0.25) is 5.02 Å². The molecule has 1 fully saturated rings. The van der Waals surface area contributed by atoms with Crippen LogP contribution >= 0.6 is 11.6 Å². The van der Waals surface area contributed by atoms with Crippen LogP contribution in [0, 0.1) is 11.2 Å². The van der Waals surface area contributed by atoms with Crippen molar-refractivity contribution < 1.29 is 58.4 Å². The van der Waals surface area contributed by atoms with E-state index < -0.39 is 29.0 Å². The maximum absolute atomic E-state index is 15.1. The first-order valence-electron chi connectivity index (χ1n) is 12.9. The van der Waals surface area contributed by atoms with E-state index in [1.54, 1.807) is 42.5 Å². The molecule has 218 valence electrons. The van der Waals surface area contributed by atoms with Crippen molar-refractivity contribution in [2.75, 3.05) is 24.4 Å². The van der Waals surface area contributed by atoms with Crippen molar-refractivity contribution in [1.82, 2.24) is 4.98 Å². The summed E-state index contributed by atoms with van der Waals surface area (Å²) in [6.45, 7) is -0.0603. The number of hydrogen-bond acceptors (Lipinski definition) is 7. The number of benzene rings is 3. The molecule has 3 N–H and O–H groups in total. The summed E-state index contributed by atoms with van der Waals surface area (Å²) in [4.78, 5) is 41.0. The summed E-state index contributed by atoms with van der Waals surface area (Å²) in [5.74, 6) is -1.95. The van der Waals surface area contributed by atoms with Crippen molar-refractivity contribution in [3.8, 4) is 23.0 Å². The average molecular weight is 602 g/mol. The zero-order valence-corrected chi connectivity index (χ0v) is 24.0. The Morgan fingerprint density at radius 1 is 0.977 bits per heavy atom. The maximum Gasteiger partial charge on any atom is 1.00 e. The number of ether oxygens (including phenoxy) is 3. The monoisotopic (exact) mass is 601 g/mol. The number of nitrogens with zero attached hydrogens (tertiary/aromatic N) is 1. The molecule has 1 heterocycles. The molecule has 43 heavy (non-hydrogen) atoms. The normalized spacial score (nSPS) is 12.9. The molecule has 0 unspecified atom stereocenters. The Bertz CT molecular complexity index is 1710. The molecule has 13 heteroatoms. The second kappa shape index (κ2) is 13.3. The number of carboxylic acids is 1. The molecule has 1 aliphatic carbocycles. The van der Waals surface area contributed by atoms with Gasteiger partial charge in [0.2, 0.25) is 11.8 Å². The predicted octanol–water partition coefficient (Wildman–Crippen LogP) is 3.16. The number of rotatable bonds is 11. The van der Waals surface area contributed by atoms with Gasteiger partial charge in [0, 0.05) is 40.1 Å². The SMILES string of the molecule is COc1cc2c(Oc3ccc(NC(=O)C4(C(=O)Nc5cccc(Cl)c5)CC4)cc3F)ccnc2cc1OCCC(=O)O.[H-].[Li+]. The van der Waals surface area contributed by atoms with Gasteiger partial charge >= 0.3 is 24.8 Å². The molecule has 1 aliphatic rings. The summed E-state index contributed by atoms with van der Waals surface area (Å²) in [7, 11) is 1.43. The maximum atomic E-state index is 15.1. The summed E-state index contributed by atoms with van der Waals surface area (Å²) < 4.78 is 31.9. The topological polar surface area (TPSA) is 136 Å². The zero-order chi connectivity index (χ0) is 29.9. The predicted molar refractivity (Wildman–Crippen MR) is 154 cm³/mol. The van der Waals surface area contributed by atoms with Crippen LogP contribution in [0.5, 0.6) is 23.0 Å². The van der Waals surface area contributed by atoms with Crippen LogP contribution in [0.3, 0.4) is 0 Å². The molecule has 4 aromatic rings. The van der Waals surface area contributed by atoms with Gasteiger partial charge in [-0.1, -0.05) is 17.7 Å². The summed E-state index contributed by atoms with van der Waals surface area (Å²) in [5.41, 5.74) is -0.161.